The average Bonchev–Trinajstić information content (AvgIpc) is 3.72. The number of aliphatic hydroxyl groups is 1. The molecular formula is C35H37ClN6O4S. The molecule has 0 unspecified atom stereocenters. The summed E-state index contributed by atoms with van der Waals surface area (Å²) in [4.78, 5) is 13.9. The lowest BCUT2D eigenvalue weighted by atomic mass is 9.99. The quantitative estimate of drug-likeness (QED) is 0.105. The standard InChI is InChI=1S/C35H37ClN6O4S/c1-21-23(3)38-42(33(21)32-28(36)11-12-29-31(32)22(2)34(35(45)46-4)41(29)14-8-16-43)15-7-13-40-19-25(37-39-40)20-47-26-17-24-9-5-6-10-27(24)30(44)18-26/h5-6,9-12,17-19,43-44H,7-8,13-16,20H2,1-4H3. The highest BCUT2D eigenvalue weighted by Crippen LogP contribution is 2.42. The lowest BCUT2D eigenvalue weighted by Crippen LogP contribution is -2.12. The van der Waals surface area contributed by atoms with Crippen LogP contribution in [0.4, 0.5) is 0 Å². The SMILES string of the molecule is COC(=O)c1c(C)c2c(-c3c(C)c(C)nn3CCCn3cc(CSc4cc(O)c5ccccc5c4)nn3)c(Cl)ccc2n1CCCO. The van der Waals surface area contributed by atoms with Gasteiger partial charge in [0.2, 0.25) is 0 Å². The number of aryl methyl sites for hydroxylation is 5. The number of carbonyl (C=O) groups excluding carboxylic acids is 1. The summed E-state index contributed by atoms with van der Waals surface area (Å²) in [6, 6.07) is 15.4. The highest BCUT2D eigenvalue weighted by atomic mass is 35.5. The summed E-state index contributed by atoms with van der Waals surface area (Å²) in [6.45, 7) is 7.67. The Morgan fingerprint density at radius 1 is 1.02 bits per heavy atom. The predicted octanol–water partition coefficient (Wildman–Crippen LogP) is 7.09. The summed E-state index contributed by atoms with van der Waals surface area (Å²) in [5, 5.41) is 36.8. The number of rotatable bonds is 12. The van der Waals surface area contributed by atoms with Gasteiger partial charge in [-0.05, 0) is 74.4 Å². The first-order valence-electron chi connectivity index (χ1n) is 15.5. The van der Waals surface area contributed by atoms with Crippen molar-refractivity contribution in [3.05, 3.63) is 88.0 Å². The largest absolute Gasteiger partial charge is 0.507 e. The molecule has 3 aromatic heterocycles. The Hall–Kier alpha value is -4.32. The fourth-order valence-corrected chi connectivity index (χ4v) is 7.31. The van der Waals surface area contributed by atoms with Crippen LogP contribution in [0.15, 0.2) is 59.6 Å². The topological polar surface area (TPSA) is 120 Å². The number of fused-ring (bicyclic) bond motifs is 2. The number of carbonyl (C=O) groups is 1. The molecule has 0 fully saturated rings. The number of phenols is 1. The second-order valence-corrected chi connectivity index (χ2v) is 13.0. The number of benzene rings is 3. The van der Waals surface area contributed by atoms with Gasteiger partial charge < -0.3 is 19.5 Å². The van der Waals surface area contributed by atoms with Gasteiger partial charge in [0.05, 0.1) is 29.2 Å². The molecule has 0 aliphatic heterocycles. The highest BCUT2D eigenvalue weighted by Gasteiger charge is 2.27. The summed E-state index contributed by atoms with van der Waals surface area (Å²) in [7, 11) is 1.37. The summed E-state index contributed by atoms with van der Waals surface area (Å²) in [5.41, 5.74) is 6.59. The van der Waals surface area contributed by atoms with Crippen molar-refractivity contribution in [2.75, 3.05) is 13.7 Å². The van der Waals surface area contributed by atoms with Crippen LogP contribution in [0, 0.1) is 20.8 Å². The van der Waals surface area contributed by atoms with Gasteiger partial charge >= 0.3 is 5.97 Å². The van der Waals surface area contributed by atoms with E-state index in [9.17, 15) is 15.0 Å². The molecule has 244 valence electrons. The molecule has 12 heteroatoms. The van der Waals surface area contributed by atoms with E-state index < -0.39 is 5.97 Å². The van der Waals surface area contributed by atoms with Gasteiger partial charge in [0.25, 0.3) is 0 Å². The number of aliphatic hydroxyl groups excluding tert-OH is 1. The third-order valence-electron chi connectivity index (χ3n) is 8.55. The summed E-state index contributed by atoms with van der Waals surface area (Å²) < 4.78 is 10.9. The van der Waals surface area contributed by atoms with Gasteiger partial charge in [-0.1, -0.05) is 41.1 Å². The molecular weight excluding hydrogens is 636 g/mol. The van der Waals surface area contributed by atoms with Crippen LogP contribution in [0.3, 0.4) is 0 Å². The third-order valence-corrected chi connectivity index (χ3v) is 9.87. The smallest absolute Gasteiger partial charge is 0.354 e. The van der Waals surface area contributed by atoms with E-state index in [-0.39, 0.29) is 12.4 Å². The van der Waals surface area contributed by atoms with Crippen molar-refractivity contribution in [2.45, 2.75) is 63.9 Å². The molecule has 0 aliphatic rings. The molecule has 0 saturated heterocycles. The summed E-state index contributed by atoms with van der Waals surface area (Å²) in [5.74, 6) is 0.474. The van der Waals surface area contributed by atoms with Gasteiger partial charge in [-0.25, -0.2) is 4.79 Å². The fourth-order valence-electron chi connectivity index (χ4n) is 6.21. The number of halogens is 1. The first kappa shape index (κ1) is 32.6. The molecule has 0 radical (unpaired) electrons. The molecule has 6 rings (SSSR count). The molecule has 0 bridgehead atoms. The highest BCUT2D eigenvalue weighted by molar-refractivity contribution is 7.98. The van der Waals surface area contributed by atoms with Gasteiger partial charge in [-0.2, -0.15) is 5.10 Å². The maximum absolute atomic E-state index is 12.9. The van der Waals surface area contributed by atoms with Crippen LogP contribution in [-0.2, 0) is 30.1 Å². The Kier molecular flexibility index (Phi) is 9.58. The minimum atomic E-state index is -0.430. The van der Waals surface area contributed by atoms with Crippen LogP contribution in [0.2, 0.25) is 5.02 Å². The maximum atomic E-state index is 12.9. The normalized spacial score (nSPS) is 11.6. The van der Waals surface area contributed by atoms with Crippen LogP contribution < -0.4 is 0 Å². The second-order valence-electron chi connectivity index (χ2n) is 11.6. The van der Waals surface area contributed by atoms with Crippen LogP contribution in [0.5, 0.6) is 5.75 Å². The van der Waals surface area contributed by atoms with Crippen molar-refractivity contribution < 1.29 is 19.7 Å². The fraction of sp³-hybridized carbons (Fsp3) is 0.314. The predicted molar refractivity (Wildman–Crippen MR) is 185 cm³/mol. The van der Waals surface area contributed by atoms with E-state index in [1.807, 2.05) is 77.3 Å². The monoisotopic (exact) mass is 672 g/mol. The molecule has 0 spiro atoms. The minimum absolute atomic E-state index is 0.00591. The number of hydrogen-bond donors (Lipinski definition) is 2. The van der Waals surface area contributed by atoms with E-state index in [2.05, 4.69) is 16.4 Å². The first-order chi connectivity index (χ1) is 22.7. The van der Waals surface area contributed by atoms with Gasteiger partial charge in [0.15, 0.2) is 0 Å². The van der Waals surface area contributed by atoms with Crippen LogP contribution in [-0.4, -0.2) is 59.2 Å². The van der Waals surface area contributed by atoms with E-state index >= 15 is 0 Å². The van der Waals surface area contributed by atoms with Gasteiger partial charge in [-0.15, -0.1) is 16.9 Å². The molecule has 10 nitrogen and oxygen atoms in total. The molecule has 6 aromatic rings. The number of ether oxygens (including phenoxy) is 1. The van der Waals surface area contributed by atoms with Crippen molar-refractivity contribution in [1.82, 2.24) is 29.3 Å². The molecule has 2 N–H and O–H groups in total. The zero-order chi connectivity index (χ0) is 33.2. The van der Waals surface area contributed by atoms with Crippen LogP contribution >= 0.6 is 23.4 Å². The zero-order valence-electron chi connectivity index (χ0n) is 26.8. The zero-order valence-corrected chi connectivity index (χ0v) is 28.4. The lowest BCUT2D eigenvalue weighted by molar-refractivity contribution is 0.0587. The first-order valence-corrected chi connectivity index (χ1v) is 16.9. The number of aromatic hydroxyl groups is 1. The van der Waals surface area contributed by atoms with E-state index in [0.29, 0.717) is 42.5 Å². The van der Waals surface area contributed by atoms with Crippen LogP contribution in [0.25, 0.3) is 32.9 Å². The minimum Gasteiger partial charge on any atom is -0.507 e. The number of esters is 1. The molecule has 0 saturated carbocycles. The number of hydrogen-bond acceptors (Lipinski definition) is 8. The van der Waals surface area contributed by atoms with Crippen molar-refractivity contribution in [3.63, 3.8) is 0 Å². The lowest BCUT2D eigenvalue weighted by Gasteiger charge is -2.13. The number of nitrogens with zero attached hydrogens (tertiary/aromatic N) is 6. The maximum Gasteiger partial charge on any atom is 0.354 e. The van der Waals surface area contributed by atoms with E-state index in [1.165, 1.54) is 7.11 Å². The number of aromatic nitrogens is 6. The Morgan fingerprint density at radius 3 is 2.62 bits per heavy atom. The number of thioether (sulfide) groups is 1. The van der Waals surface area contributed by atoms with Gasteiger partial charge in [-0.3, -0.25) is 9.36 Å². The molecule has 0 amide bonds. The van der Waals surface area contributed by atoms with E-state index in [1.54, 1.807) is 17.8 Å². The Balaban J connectivity index is 1.22. The van der Waals surface area contributed by atoms with E-state index in [4.69, 9.17) is 21.4 Å². The average molecular weight is 673 g/mol. The number of phenolic OH excluding ortho intramolecular Hbond substituents is 1. The van der Waals surface area contributed by atoms with Crippen molar-refractivity contribution >= 4 is 51.0 Å². The van der Waals surface area contributed by atoms with Gasteiger partial charge in [0, 0.05) is 64.9 Å². The molecule has 3 aromatic carbocycles. The van der Waals surface area contributed by atoms with Crippen molar-refractivity contribution in [1.29, 1.82) is 0 Å². The third kappa shape index (κ3) is 6.35. The second kappa shape index (κ2) is 13.8. The summed E-state index contributed by atoms with van der Waals surface area (Å²) >= 11 is 8.55. The Bertz CT molecular complexity index is 2100. The molecule has 0 atom stereocenters. The summed E-state index contributed by atoms with van der Waals surface area (Å²) in [6.07, 6.45) is 3.20. The van der Waals surface area contributed by atoms with Crippen LogP contribution in [0.1, 0.15) is 45.8 Å². The Labute approximate surface area is 281 Å². The number of methoxy groups -OCH3 is 1. The van der Waals surface area contributed by atoms with Crippen molar-refractivity contribution in [2.24, 2.45) is 0 Å². The molecule has 0 aliphatic carbocycles. The Morgan fingerprint density at radius 2 is 1.83 bits per heavy atom. The molecule has 3 heterocycles. The van der Waals surface area contributed by atoms with Gasteiger partial charge in [0.1, 0.15) is 11.4 Å². The van der Waals surface area contributed by atoms with Crippen molar-refractivity contribution in [3.8, 4) is 17.0 Å². The van der Waals surface area contributed by atoms with E-state index in [0.717, 1.165) is 66.8 Å². The molecule has 47 heavy (non-hydrogen) atoms.